The molecular weight excluding hydrogens is 174 g/mol. The van der Waals surface area contributed by atoms with Crippen LogP contribution in [0.2, 0.25) is 0 Å². The molecule has 3 heteroatoms. The van der Waals surface area contributed by atoms with E-state index in [0.717, 1.165) is 13.1 Å². The molecule has 1 aliphatic rings. The van der Waals surface area contributed by atoms with Crippen LogP contribution in [-0.4, -0.2) is 31.1 Å². The maximum atomic E-state index is 8.54. The Morgan fingerprint density at radius 1 is 1.43 bits per heavy atom. The largest absolute Gasteiger partial charge is 0.330 e. The lowest BCUT2D eigenvalue weighted by Crippen LogP contribution is -2.43. The zero-order valence-electron chi connectivity index (χ0n) is 9.08. The van der Waals surface area contributed by atoms with Gasteiger partial charge in [-0.3, -0.25) is 0 Å². The van der Waals surface area contributed by atoms with Gasteiger partial charge in [-0.15, -0.1) is 0 Å². The highest BCUT2D eigenvalue weighted by atomic mass is 15.1. The number of rotatable bonds is 4. The fourth-order valence-corrected chi connectivity index (χ4v) is 2.44. The van der Waals surface area contributed by atoms with Gasteiger partial charge in [0.05, 0.1) is 6.07 Å². The SMILES string of the molecule is CN(CCC#N)C1CCCCC1CN. The Morgan fingerprint density at radius 2 is 2.14 bits per heavy atom. The topological polar surface area (TPSA) is 53.0 Å². The third-order valence-corrected chi connectivity index (χ3v) is 3.31. The van der Waals surface area contributed by atoms with E-state index in [1.807, 2.05) is 0 Å². The van der Waals surface area contributed by atoms with Gasteiger partial charge in [-0.25, -0.2) is 0 Å². The maximum Gasteiger partial charge on any atom is 0.0635 e. The molecule has 0 heterocycles. The number of nitriles is 1. The molecule has 0 saturated heterocycles. The van der Waals surface area contributed by atoms with Gasteiger partial charge in [-0.2, -0.15) is 5.26 Å². The van der Waals surface area contributed by atoms with E-state index in [9.17, 15) is 0 Å². The molecule has 1 fully saturated rings. The van der Waals surface area contributed by atoms with Gasteiger partial charge in [0.25, 0.3) is 0 Å². The number of nitrogens with two attached hydrogens (primary N) is 1. The molecule has 0 aromatic rings. The van der Waals surface area contributed by atoms with Crippen molar-refractivity contribution in [2.75, 3.05) is 20.1 Å². The second kappa shape index (κ2) is 6.00. The Morgan fingerprint density at radius 3 is 2.79 bits per heavy atom. The van der Waals surface area contributed by atoms with E-state index >= 15 is 0 Å². The van der Waals surface area contributed by atoms with Crippen molar-refractivity contribution in [2.24, 2.45) is 11.7 Å². The summed E-state index contributed by atoms with van der Waals surface area (Å²) in [6.07, 6.45) is 5.79. The minimum absolute atomic E-state index is 0.613. The van der Waals surface area contributed by atoms with Crippen LogP contribution in [0.25, 0.3) is 0 Å². The molecule has 0 aromatic carbocycles. The Bertz CT molecular complexity index is 197. The molecule has 1 saturated carbocycles. The van der Waals surface area contributed by atoms with Gasteiger partial charge < -0.3 is 10.6 Å². The third kappa shape index (κ3) is 2.97. The average Bonchev–Trinajstić information content (AvgIpc) is 2.25. The highest BCUT2D eigenvalue weighted by Gasteiger charge is 2.26. The highest BCUT2D eigenvalue weighted by molar-refractivity contribution is 4.84. The molecule has 0 bridgehead atoms. The van der Waals surface area contributed by atoms with E-state index in [0.29, 0.717) is 18.4 Å². The van der Waals surface area contributed by atoms with E-state index in [1.165, 1.54) is 25.7 Å². The Labute approximate surface area is 86.9 Å². The van der Waals surface area contributed by atoms with E-state index in [-0.39, 0.29) is 0 Å². The van der Waals surface area contributed by atoms with E-state index in [2.05, 4.69) is 18.0 Å². The predicted molar refractivity (Wildman–Crippen MR) is 57.7 cm³/mol. The van der Waals surface area contributed by atoms with Gasteiger partial charge in [0.1, 0.15) is 0 Å². The monoisotopic (exact) mass is 195 g/mol. The molecule has 2 unspecified atom stereocenters. The Hall–Kier alpha value is -0.590. The molecule has 0 spiro atoms. The van der Waals surface area contributed by atoms with Gasteiger partial charge in [0.2, 0.25) is 0 Å². The summed E-state index contributed by atoms with van der Waals surface area (Å²) < 4.78 is 0. The lowest BCUT2D eigenvalue weighted by Gasteiger charge is -2.37. The average molecular weight is 195 g/mol. The van der Waals surface area contributed by atoms with E-state index < -0.39 is 0 Å². The zero-order valence-corrected chi connectivity index (χ0v) is 9.08. The van der Waals surface area contributed by atoms with Crippen molar-refractivity contribution < 1.29 is 0 Å². The maximum absolute atomic E-state index is 8.54. The lowest BCUT2D eigenvalue weighted by atomic mass is 9.83. The van der Waals surface area contributed by atoms with Gasteiger partial charge in [-0.05, 0) is 32.4 Å². The summed E-state index contributed by atoms with van der Waals surface area (Å²) in [6, 6.07) is 2.81. The zero-order chi connectivity index (χ0) is 10.4. The van der Waals surface area contributed by atoms with Crippen molar-refractivity contribution in [3.63, 3.8) is 0 Å². The summed E-state index contributed by atoms with van der Waals surface area (Å²) in [5, 5.41) is 8.54. The minimum atomic E-state index is 0.613. The second-order valence-electron chi connectivity index (χ2n) is 4.24. The highest BCUT2D eigenvalue weighted by Crippen LogP contribution is 2.26. The first-order valence-corrected chi connectivity index (χ1v) is 5.57. The lowest BCUT2D eigenvalue weighted by molar-refractivity contribution is 0.136. The van der Waals surface area contributed by atoms with Crippen LogP contribution >= 0.6 is 0 Å². The van der Waals surface area contributed by atoms with E-state index in [1.54, 1.807) is 0 Å². The number of hydrogen-bond donors (Lipinski definition) is 1. The van der Waals surface area contributed by atoms with Crippen molar-refractivity contribution in [3.05, 3.63) is 0 Å². The summed E-state index contributed by atoms with van der Waals surface area (Å²) in [6.45, 7) is 1.68. The van der Waals surface area contributed by atoms with Gasteiger partial charge in [-0.1, -0.05) is 12.8 Å². The van der Waals surface area contributed by atoms with Gasteiger partial charge in [0, 0.05) is 19.0 Å². The number of hydrogen-bond acceptors (Lipinski definition) is 3. The van der Waals surface area contributed by atoms with Crippen LogP contribution in [0.15, 0.2) is 0 Å². The van der Waals surface area contributed by atoms with Crippen molar-refractivity contribution in [1.82, 2.24) is 4.90 Å². The molecule has 0 aliphatic heterocycles. The molecule has 0 aromatic heterocycles. The molecule has 2 N–H and O–H groups in total. The normalized spacial score (nSPS) is 27.6. The van der Waals surface area contributed by atoms with Crippen molar-refractivity contribution in [1.29, 1.82) is 5.26 Å². The van der Waals surface area contributed by atoms with Crippen LogP contribution in [0.4, 0.5) is 0 Å². The van der Waals surface area contributed by atoms with Crippen LogP contribution in [0.1, 0.15) is 32.1 Å². The van der Waals surface area contributed by atoms with Crippen LogP contribution < -0.4 is 5.73 Å². The van der Waals surface area contributed by atoms with Gasteiger partial charge in [0.15, 0.2) is 0 Å². The standard InChI is InChI=1S/C11H21N3/c1-14(8-4-7-12)11-6-3-2-5-10(11)9-13/h10-11H,2-6,8-9,13H2,1H3. The minimum Gasteiger partial charge on any atom is -0.330 e. The van der Waals surface area contributed by atoms with Crippen molar-refractivity contribution in [3.8, 4) is 6.07 Å². The summed E-state index contributed by atoms with van der Waals surface area (Å²) in [4.78, 5) is 2.32. The molecule has 80 valence electrons. The molecule has 0 amide bonds. The van der Waals surface area contributed by atoms with Gasteiger partial charge >= 0.3 is 0 Å². The molecule has 1 aliphatic carbocycles. The first-order chi connectivity index (χ1) is 6.79. The van der Waals surface area contributed by atoms with Crippen LogP contribution in [0.5, 0.6) is 0 Å². The van der Waals surface area contributed by atoms with Crippen LogP contribution in [0.3, 0.4) is 0 Å². The van der Waals surface area contributed by atoms with Crippen LogP contribution in [-0.2, 0) is 0 Å². The predicted octanol–water partition coefficient (Wildman–Crippen LogP) is 1.35. The summed E-state index contributed by atoms with van der Waals surface area (Å²) in [5.41, 5.74) is 5.77. The van der Waals surface area contributed by atoms with Crippen molar-refractivity contribution >= 4 is 0 Å². The summed E-state index contributed by atoms with van der Waals surface area (Å²) >= 11 is 0. The molecule has 1 rings (SSSR count). The fourth-order valence-electron chi connectivity index (χ4n) is 2.44. The quantitative estimate of drug-likeness (QED) is 0.736. The van der Waals surface area contributed by atoms with E-state index in [4.69, 9.17) is 11.0 Å². The molecule has 0 radical (unpaired) electrons. The smallest absolute Gasteiger partial charge is 0.0635 e. The Balaban J connectivity index is 2.42. The molecular formula is C11H21N3. The second-order valence-corrected chi connectivity index (χ2v) is 4.24. The third-order valence-electron chi connectivity index (χ3n) is 3.31. The number of nitrogens with zero attached hydrogens (tertiary/aromatic N) is 2. The molecule has 2 atom stereocenters. The summed E-state index contributed by atoms with van der Waals surface area (Å²) in [5.74, 6) is 0.646. The molecule has 3 nitrogen and oxygen atoms in total. The molecule has 14 heavy (non-hydrogen) atoms. The fraction of sp³-hybridized carbons (Fsp3) is 0.909. The first-order valence-electron chi connectivity index (χ1n) is 5.57. The van der Waals surface area contributed by atoms with Crippen LogP contribution in [0, 0.1) is 17.2 Å². The first kappa shape index (κ1) is 11.5. The summed E-state index contributed by atoms with van der Waals surface area (Å²) in [7, 11) is 2.12. The van der Waals surface area contributed by atoms with Crippen molar-refractivity contribution in [2.45, 2.75) is 38.1 Å². The Kier molecular flexibility index (Phi) is 4.92.